The molecule has 1 amide bonds. The van der Waals surface area contributed by atoms with Crippen molar-refractivity contribution in [3.8, 4) is 11.5 Å². The maximum Gasteiger partial charge on any atom is 0.258 e. The molecule has 1 unspecified atom stereocenters. The Morgan fingerprint density at radius 1 is 1.09 bits per heavy atom. The van der Waals surface area contributed by atoms with E-state index < -0.39 is 0 Å². The highest BCUT2D eigenvalue weighted by Crippen LogP contribution is 2.25. The van der Waals surface area contributed by atoms with Crippen LogP contribution >= 0.6 is 0 Å². The van der Waals surface area contributed by atoms with E-state index in [4.69, 9.17) is 9.47 Å². The zero-order valence-electron chi connectivity index (χ0n) is 14.1. The van der Waals surface area contributed by atoms with E-state index in [1.165, 1.54) is 11.1 Å². The number of rotatable bonds is 6. The number of hydrogen-bond acceptors (Lipinski definition) is 3. The molecule has 2 aromatic rings. The number of carbonyl (C=O) groups excluding carboxylic acids is 1. The average Bonchev–Trinajstić information content (AvgIpc) is 2.55. The molecular formula is C19H23NO3. The maximum atomic E-state index is 12.1. The van der Waals surface area contributed by atoms with Crippen molar-refractivity contribution in [1.82, 2.24) is 5.32 Å². The third kappa shape index (κ3) is 4.49. The molecule has 0 aliphatic heterocycles. The molecule has 0 spiro atoms. The van der Waals surface area contributed by atoms with Gasteiger partial charge in [-0.15, -0.1) is 0 Å². The molecule has 4 heteroatoms. The molecule has 0 heterocycles. The lowest BCUT2D eigenvalue weighted by Gasteiger charge is -2.16. The molecule has 0 aromatic heterocycles. The van der Waals surface area contributed by atoms with Crippen LogP contribution in [0.1, 0.15) is 29.7 Å². The average molecular weight is 313 g/mol. The van der Waals surface area contributed by atoms with E-state index in [9.17, 15) is 4.79 Å². The normalized spacial score (nSPS) is 11.7. The van der Waals surface area contributed by atoms with Crippen molar-refractivity contribution < 1.29 is 14.3 Å². The highest BCUT2D eigenvalue weighted by Gasteiger charge is 2.12. The lowest BCUT2D eigenvalue weighted by atomic mass is 10.0. The molecule has 0 fully saturated rings. The first-order chi connectivity index (χ1) is 11.0. The van der Waals surface area contributed by atoms with Crippen molar-refractivity contribution in [3.63, 3.8) is 0 Å². The zero-order chi connectivity index (χ0) is 16.8. The van der Waals surface area contributed by atoms with Crippen LogP contribution in [0.4, 0.5) is 0 Å². The molecule has 2 aromatic carbocycles. The van der Waals surface area contributed by atoms with Crippen molar-refractivity contribution in [2.75, 3.05) is 13.7 Å². The van der Waals surface area contributed by atoms with Gasteiger partial charge in [-0.2, -0.15) is 0 Å². The smallest absolute Gasteiger partial charge is 0.258 e. The fourth-order valence-electron chi connectivity index (χ4n) is 2.28. The number of ether oxygens (including phenoxy) is 2. The topological polar surface area (TPSA) is 47.6 Å². The van der Waals surface area contributed by atoms with E-state index in [0.29, 0.717) is 11.5 Å². The number of benzene rings is 2. The van der Waals surface area contributed by atoms with E-state index in [-0.39, 0.29) is 18.6 Å². The summed E-state index contributed by atoms with van der Waals surface area (Å²) in [6.45, 7) is 6.06. The zero-order valence-corrected chi connectivity index (χ0v) is 14.1. The van der Waals surface area contributed by atoms with Crippen molar-refractivity contribution >= 4 is 5.91 Å². The standard InChI is InChI=1S/C19H23NO3/c1-13-9-10-16(11-14(13)2)15(3)20-19(21)12-23-18-8-6-5-7-17(18)22-4/h5-11,15H,12H2,1-4H3,(H,20,21). The van der Waals surface area contributed by atoms with Gasteiger partial charge in [0.05, 0.1) is 13.2 Å². The summed E-state index contributed by atoms with van der Waals surface area (Å²) >= 11 is 0. The Labute approximate surface area is 137 Å². The third-order valence-electron chi connectivity index (χ3n) is 3.84. The molecule has 2 rings (SSSR count). The van der Waals surface area contributed by atoms with Gasteiger partial charge in [-0.1, -0.05) is 30.3 Å². The Hall–Kier alpha value is -2.49. The quantitative estimate of drug-likeness (QED) is 0.887. The molecule has 1 N–H and O–H groups in total. The Balaban J connectivity index is 1.92. The molecule has 0 radical (unpaired) electrons. The minimum absolute atomic E-state index is 0.0461. The Kier molecular flexibility index (Phi) is 5.63. The van der Waals surface area contributed by atoms with E-state index in [1.54, 1.807) is 19.2 Å². The number of methoxy groups -OCH3 is 1. The van der Waals surface area contributed by atoms with Crippen LogP contribution in [-0.2, 0) is 4.79 Å². The van der Waals surface area contributed by atoms with Gasteiger partial charge >= 0.3 is 0 Å². The lowest BCUT2D eigenvalue weighted by Crippen LogP contribution is -2.31. The third-order valence-corrected chi connectivity index (χ3v) is 3.84. The molecule has 0 bridgehead atoms. The second-order valence-corrected chi connectivity index (χ2v) is 5.57. The Bertz CT molecular complexity index is 682. The maximum absolute atomic E-state index is 12.1. The number of aryl methyl sites for hydroxylation is 2. The summed E-state index contributed by atoms with van der Waals surface area (Å²) < 4.78 is 10.7. The number of amides is 1. The van der Waals surface area contributed by atoms with Gasteiger partial charge in [0, 0.05) is 0 Å². The van der Waals surface area contributed by atoms with Crippen molar-refractivity contribution in [3.05, 3.63) is 59.2 Å². The van der Waals surface area contributed by atoms with Gasteiger partial charge in [-0.05, 0) is 49.6 Å². The summed E-state index contributed by atoms with van der Waals surface area (Å²) in [4.78, 5) is 12.1. The highest BCUT2D eigenvalue weighted by atomic mass is 16.5. The molecule has 0 saturated heterocycles. The summed E-state index contributed by atoms with van der Waals surface area (Å²) in [6.07, 6.45) is 0. The fourth-order valence-corrected chi connectivity index (χ4v) is 2.28. The number of nitrogens with one attached hydrogen (secondary N) is 1. The monoisotopic (exact) mass is 313 g/mol. The van der Waals surface area contributed by atoms with Gasteiger partial charge in [0.25, 0.3) is 5.91 Å². The van der Waals surface area contributed by atoms with Crippen LogP contribution in [0, 0.1) is 13.8 Å². The van der Waals surface area contributed by atoms with Crippen molar-refractivity contribution in [1.29, 1.82) is 0 Å². The van der Waals surface area contributed by atoms with Crippen LogP contribution < -0.4 is 14.8 Å². The number of para-hydroxylation sites is 2. The lowest BCUT2D eigenvalue weighted by molar-refractivity contribution is -0.123. The minimum Gasteiger partial charge on any atom is -0.493 e. The molecular weight excluding hydrogens is 290 g/mol. The second-order valence-electron chi connectivity index (χ2n) is 5.57. The highest BCUT2D eigenvalue weighted by molar-refractivity contribution is 5.78. The molecule has 0 aliphatic rings. The molecule has 122 valence electrons. The molecule has 4 nitrogen and oxygen atoms in total. The van der Waals surface area contributed by atoms with E-state index in [2.05, 4.69) is 31.3 Å². The Morgan fingerprint density at radius 3 is 2.43 bits per heavy atom. The van der Waals surface area contributed by atoms with Gasteiger partial charge < -0.3 is 14.8 Å². The van der Waals surface area contributed by atoms with Crippen molar-refractivity contribution in [2.45, 2.75) is 26.8 Å². The van der Waals surface area contributed by atoms with Gasteiger partial charge in [0.1, 0.15) is 0 Å². The summed E-state index contributed by atoms with van der Waals surface area (Å²) in [5.41, 5.74) is 3.54. The molecule has 0 saturated carbocycles. The summed E-state index contributed by atoms with van der Waals surface area (Å²) in [6, 6.07) is 13.4. The first kappa shape index (κ1) is 16.9. The Morgan fingerprint density at radius 2 is 1.78 bits per heavy atom. The van der Waals surface area contributed by atoms with Gasteiger partial charge in [-0.3, -0.25) is 4.79 Å². The van der Waals surface area contributed by atoms with E-state index >= 15 is 0 Å². The fraction of sp³-hybridized carbons (Fsp3) is 0.316. The van der Waals surface area contributed by atoms with Crippen LogP contribution in [0.3, 0.4) is 0 Å². The number of carbonyl (C=O) groups is 1. The summed E-state index contributed by atoms with van der Waals surface area (Å²) in [5, 5.41) is 2.95. The summed E-state index contributed by atoms with van der Waals surface area (Å²) in [7, 11) is 1.57. The molecule has 0 aliphatic carbocycles. The predicted molar refractivity (Wildman–Crippen MR) is 91.0 cm³/mol. The van der Waals surface area contributed by atoms with E-state index in [1.807, 2.05) is 25.1 Å². The number of hydrogen-bond donors (Lipinski definition) is 1. The van der Waals surface area contributed by atoms with Crippen LogP contribution in [0.25, 0.3) is 0 Å². The van der Waals surface area contributed by atoms with Gasteiger partial charge in [-0.25, -0.2) is 0 Å². The molecule has 23 heavy (non-hydrogen) atoms. The first-order valence-electron chi connectivity index (χ1n) is 7.63. The van der Waals surface area contributed by atoms with Crippen LogP contribution in [-0.4, -0.2) is 19.6 Å². The SMILES string of the molecule is COc1ccccc1OCC(=O)NC(C)c1ccc(C)c(C)c1. The van der Waals surface area contributed by atoms with Crippen molar-refractivity contribution in [2.24, 2.45) is 0 Å². The molecule has 1 atom stereocenters. The van der Waals surface area contributed by atoms with Gasteiger partial charge in [0.2, 0.25) is 0 Å². The predicted octanol–water partition coefficient (Wildman–Crippen LogP) is 3.57. The minimum atomic E-state index is -0.165. The summed E-state index contributed by atoms with van der Waals surface area (Å²) in [5.74, 6) is 1.01. The second kappa shape index (κ2) is 7.68. The van der Waals surface area contributed by atoms with Gasteiger partial charge in [0.15, 0.2) is 18.1 Å². The van der Waals surface area contributed by atoms with E-state index in [0.717, 1.165) is 5.56 Å². The van der Waals surface area contributed by atoms with Crippen LogP contribution in [0.15, 0.2) is 42.5 Å². The van der Waals surface area contributed by atoms with Crippen LogP contribution in [0.2, 0.25) is 0 Å². The van der Waals surface area contributed by atoms with Crippen LogP contribution in [0.5, 0.6) is 11.5 Å². The largest absolute Gasteiger partial charge is 0.493 e. The first-order valence-corrected chi connectivity index (χ1v) is 7.63.